The lowest BCUT2D eigenvalue weighted by molar-refractivity contribution is 0.510. The minimum Gasteiger partial charge on any atom is -0.534 e. The fourth-order valence-corrected chi connectivity index (χ4v) is 15.7. The SMILES string of the molecule is C[C@H]1CC[C@H](C)P1c1ccc2ccccc2c1-c1c(O[Si](c2ccccc2)(c2ccccc2)C(C)(C)C)ccc2ccccc12. The number of hydrogen-bond acceptors (Lipinski definition) is 1. The Hall–Kier alpha value is -3.71. The van der Waals surface area contributed by atoms with E-state index in [9.17, 15) is 0 Å². The predicted molar refractivity (Wildman–Crippen MR) is 200 cm³/mol. The summed E-state index contributed by atoms with van der Waals surface area (Å²) in [5.41, 5.74) is 4.03. The molecule has 0 aromatic heterocycles. The minimum absolute atomic E-state index is 0.140. The van der Waals surface area contributed by atoms with E-state index in [0.717, 1.165) is 5.75 Å². The molecule has 1 nitrogen and oxygen atoms in total. The van der Waals surface area contributed by atoms with Gasteiger partial charge >= 0.3 is 8.32 Å². The van der Waals surface area contributed by atoms with Crippen LogP contribution in [0, 0.1) is 0 Å². The van der Waals surface area contributed by atoms with Crippen LogP contribution in [-0.2, 0) is 0 Å². The molecule has 45 heavy (non-hydrogen) atoms. The minimum atomic E-state index is -2.88. The topological polar surface area (TPSA) is 9.23 Å². The molecule has 1 fully saturated rings. The molecule has 0 saturated carbocycles. The van der Waals surface area contributed by atoms with Crippen molar-refractivity contribution < 1.29 is 4.43 Å². The lowest BCUT2D eigenvalue weighted by Crippen LogP contribution is -2.68. The maximum Gasteiger partial charge on any atom is 0.319 e. The molecule has 7 rings (SSSR count). The molecule has 1 saturated heterocycles. The van der Waals surface area contributed by atoms with Crippen LogP contribution in [0.15, 0.2) is 133 Å². The fourth-order valence-electron chi connectivity index (χ4n) is 7.82. The Bertz CT molecular complexity index is 1910. The van der Waals surface area contributed by atoms with Gasteiger partial charge in [0.2, 0.25) is 0 Å². The standard InChI is InChI=1S/C42H43OPSi/c1-30-24-25-31(2)44(30)39-29-27-33-17-13-15-23-37(33)41(39)40-36-22-14-12-16-32(36)26-28-38(40)43-45(42(3,4)5,34-18-8-6-9-19-34)35-20-10-7-11-21-35/h6-23,26-31H,24-25H2,1-5H3/t30-,31-/m0/s1. The van der Waals surface area contributed by atoms with Gasteiger partial charge in [0.15, 0.2) is 0 Å². The van der Waals surface area contributed by atoms with Crippen LogP contribution in [0.3, 0.4) is 0 Å². The third kappa shape index (κ3) is 5.13. The number of fused-ring (bicyclic) bond motifs is 2. The quantitative estimate of drug-likeness (QED) is 0.133. The maximum absolute atomic E-state index is 7.90. The van der Waals surface area contributed by atoms with Crippen LogP contribution >= 0.6 is 7.92 Å². The van der Waals surface area contributed by atoms with Crippen LogP contribution in [-0.4, -0.2) is 19.6 Å². The molecule has 1 aliphatic heterocycles. The Balaban J connectivity index is 1.59. The Morgan fingerprint density at radius 1 is 0.556 bits per heavy atom. The summed E-state index contributed by atoms with van der Waals surface area (Å²) < 4.78 is 7.90. The Labute approximate surface area is 271 Å². The van der Waals surface area contributed by atoms with Crippen LogP contribution < -0.4 is 20.1 Å². The van der Waals surface area contributed by atoms with Crippen molar-refractivity contribution in [3.05, 3.63) is 133 Å². The third-order valence-corrected chi connectivity index (χ3v) is 18.2. The zero-order valence-electron chi connectivity index (χ0n) is 27.1. The van der Waals surface area contributed by atoms with E-state index < -0.39 is 8.32 Å². The second-order valence-electron chi connectivity index (χ2n) is 13.8. The molecule has 6 aromatic carbocycles. The largest absolute Gasteiger partial charge is 0.534 e. The van der Waals surface area contributed by atoms with Crippen LogP contribution in [0.25, 0.3) is 32.7 Å². The number of rotatable bonds is 6. The molecule has 0 amide bonds. The second-order valence-corrected chi connectivity index (χ2v) is 21.1. The van der Waals surface area contributed by atoms with Gasteiger partial charge in [-0.25, -0.2) is 0 Å². The highest BCUT2D eigenvalue weighted by Gasteiger charge is 2.52. The molecular formula is C42H43OPSi. The van der Waals surface area contributed by atoms with Crippen molar-refractivity contribution in [1.29, 1.82) is 0 Å². The van der Waals surface area contributed by atoms with E-state index in [-0.39, 0.29) is 13.0 Å². The van der Waals surface area contributed by atoms with E-state index in [1.54, 1.807) is 0 Å². The van der Waals surface area contributed by atoms with Crippen LogP contribution in [0.2, 0.25) is 5.04 Å². The molecule has 0 bridgehead atoms. The molecule has 0 radical (unpaired) electrons. The average molecular weight is 623 g/mol. The molecule has 2 atom stereocenters. The summed E-state index contributed by atoms with van der Waals surface area (Å²) in [7, 11) is -3.22. The smallest absolute Gasteiger partial charge is 0.319 e. The predicted octanol–water partition coefficient (Wildman–Crippen LogP) is 10.3. The Morgan fingerprint density at radius 2 is 1.02 bits per heavy atom. The van der Waals surface area contributed by atoms with Crippen molar-refractivity contribution in [2.45, 2.75) is 63.8 Å². The van der Waals surface area contributed by atoms with Gasteiger partial charge in [-0.05, 0) is 72.5 Å². The lowest BCUT2D eigenvalue weighted by atomic mass is 9.93. The van der Waals surface area contributed by atoms with E-state index in [1.165, 1.54) is 61.2 Å². The van der Waals surface area contributed by atoms with Crippen molar-refractivity contribution in [2.75, 3.05) is 0 Å². The second kappa shape index (κ2) is 11.9. The summed E-state index contributed by atoms with van der Waals surface area (Å²) in [5.74, 6) is 0.995. The summed E-state index contributed by atoms with van der Waals surface area (Å²) in [6.45, 7) is 12.1. The number of hydrogen-bond donors (Lipinski definition) is 0. The first kappa shape index (κ1) is 30.0. The van der Waals surface area contributed by atoms with Crippen LogP contribution in [0.1, 0.15) is 47.5 Å². The maximum atomic E-state index is 7.90. The highest BCUT2D eigenvalue weighted by atomic mass is 31.1. The molecule has 226 valence electrons. The lowest BCUT2D eigenvalue weighted by Gasteiger charge is -2.43. The Morgan fingerprint density at radius 3 is 1.56 bits per heavy atom. The highest BCUT2D eigenvalue weighted by molar-refractivity contribution is 7.67. The van der Waals surface area contributed by atoms with Gasteiger partial charge in [-0.1, -0.05) is 170 Å². The van der Waals surface area contributed by atoms with Crippen molar-refractivity contribution in [3.8, 4) is 16.9 Å². The monoisotopic (exact) mass is 622 g/mol. The molecule has 1 aliphatic rings. The van der Waals surface area contributed by atoms with Crippen LogP contribution in [0.4, 0.5) is 0 Å². The summed E-state index contributed by atoms with van der Waals surface area (Å²) in [6.07, 6.45) is 2.61. The normalized spacial score (nSPS) is 17.6. The van der Waals surface area contributed by atoms with Gasteiger partial charge in [0.05, 0.1) is 0 Å². The highest BCUT2D eigenvalue weighted by Crippen LogP contribution is 2.57. The molecule has 3 heteroatoms. The molecule has 0 spiro atoms. The Kier molecular flexibility index (Phi) is 7.92. The van der Waals surface area contributed by atoms with Gasteiger partial charge in [-0.2, -0.15) is 0 Å². The van der Waals surface area contributed by atoms with Gasteiger partial charge in [-0.15, -0.1) is 0 Å². The van der Waals surface area contributed by atoms with E-state index in [1.807, 2.05) is 0 Å². The molecule has 0 N–H and O–H groups in total. The van der Waals surface area contributed by atoms with E-state index in [2.05, 4.69) is 168 Å². The fraction of sp³-hybridized carbons (Fsp3) is 0.238. The molecular weight excluding hydrogens is 580 g/mol. The number of benzene rings is 6. The molecule has 1 heterocycles. The van der Waals surface area contributed by atoms with E-state index in [4.69, 9.17) is 4.43 Å². The first-order valence-electron chi connectivity index (χ1n) is 16.4. The first-order valence-corrected chi connectivity index (χ1v) is 19.8. The summed E-state index contributed by atoms with van der Waals surface area (Å²) in [5, 5.41) is 9.11. The van der Waals surface area contributed by atoms with Gasteiger partial charge in [0.25, 0.3) is 0 Å². The zero-order chi connectivity index (χ0) is 31.2. The van der Waals surface area contributed by atoms with Crippen molar-refractivity contribution >= 4 is 53.5 Å². The summed E-state index contributed by atoms with van der Waals surface area (Å²) in [4.78, 5) is 0. The first-order chi connectivity index (χ1) is 21.8. The zero-order valence-corrected chi connectivity index (χ0v) is 29.0. The van der Waals surface area contributed by atoms with Gasteiger partial charge in [0, 0.05) is 11.1 Å². The third-order valence-electron chi connectivity index (χ3n) is 9.96. The molecule has 0 unspecified atom stereocenters. The average Bonchev–Trinajstić information content (AvgIpc) is 3.40. The van der Waals surface area contributed by atoms with Gasteiger partial charge < -0.3 is 4.43 Å². The van der Waals surface area contributed by atoms with Crippen molar-refractivity contribution in [1.82, 2.24) is 0 Å². The van der Waals surface area contributed by atoms with Gasteiger partial charge in [-0.3, -0.25) is 0 Å². The molecule has 6 aromatic rings. The van der Waals surface area contributed by atoms with E-state index in [0.29, 0.717) is 11.3 Å². The van der Waals surface area contributed by atoms with Crippen LogP contribution in [0.5, 0.6) is 5.75 Å². The summed E-state index contributed by atoms with van der Waals surface area (Å²) >= 11 is 0. The van der Waals surface area contributed by atoms with E-state index >= 15 is 0 Å². The van der Waals surface area contributed by atoms with Crippen molar-refractivity contribution in [3.63, 3.8) is 0 Å². The molecule has 0 aliphatic carbocycles. The van der Waals surface area contributed by atoms with Crippen molar-refractivity contribution in [2.24, 2.45) is 0 Å². The van der Waals surface area contributed by atoms with Gasteiger partial charge in [0.1, 0.15) is 5.75 Å². The summed E-state index contributed by atoms with van der Waals surface area (Å²) in [6, 6.07) is 49.3.